The number of aromatic nitrogens is 2. The molecule has 0 radical (unpaired) electrons. The quantitative estimate of drug-likeness (QED) is 0.257. The van der Waals surface area contributed by atoms with Crippen LogP contribution in [-0.2, 0) is 14.8 Å². The highest BCUT2D eigenvalue weighted by Crippen LogP contribution is 2.30. The number of alkyl halides is 3. The summed E-state index contributed by atoms with van der Waals surface area (Å²) in [6, 6.07) is 14.0. The second kappa shape index (κ2) is 12.2. The van der Waals surface area contributed by atoms with Crippen LogP contribution in [0.3, 0.4) is 0 Å². The molecule has 2 aromatic carbocycles. The van der Waals surface area contributed by atoms with Gasteiger partial charge in [0.2, 0.25) is 10.0 Å². The molecule has 0 bridgehead atoms. The molecule has 0 saturated carbocycles. The van der Waals surface area contributed by atoms with Crippen LogP contribution in [0, 0.1) is 12.3 Å². The average molecular weight is 540 g/mol. The zero-order valence-corrected chi connectivity index (χ0v) is 20.4. The van der Waals surface area contributed by atoms with Crippen molar-refractivity contribution in [3.63, 3.8) is 0 Å². The maximum absolute atomic E-state index is 12.1. The number of carbonyl (C=O) groups is 1. The van der Waals surface area contributed by atoms with Gasteiger partial charge < -0.3 is 15.7 Å². The number of anilines is 4. The van der Waals surface area contributed by atoms with Crippen LogP contribution in [0.5, 0.6) is 0 Å². The number of hydrogen-bond acceptors (Lipinski definition) is 8. The predicted octanol–water partition coefficient (Wildman–Crippen LogP) is 4.21. The third-order valence-electron chi connectivity index (χ3n) is 4.22. The van der Waals surface area contributed by atoms with E-state index in [9.17, 15) is 21.6 Å². The van der Waals surface area contributed by atoms with Crippen molar-refractivity contribution in [3.8, 4) is 12.3 Å². The summed E-state index contributed by atoms with van der Waals surface area (Å²) in [6.07, 6.45) is 3.69. The minimum absolute atomic E-state index is 0.166. The monoisotopic (exact) mass is 539 g/mol. The van der Waals surface area contributed by atoms with E-state index in [0.717, 1.165) is 16.1 Å². The molecular weight excluding hydrogens is 519 g/mol. The van der Waals surface area contributed by atoms with Crippen LogP contribution in [0.25, 0.3) is 0 Å². The van der Waals surface area contributed by atoms with Gasteiger partial charge in [-0.15, -0.1) is 18.2 Å². The Kier molecular flexibility index (Phi) is 9.68. The molecule has 0 aliphatic rings. The number of rotatable bonds is 7. The molecule has 0 atom stereocenters. The molecule has 4 N–H and O–H groups in total. The summed E-state index contributed by atoms with van der Waals surface area (Å²) in [4.78, 5) is 18.4. The Balaban J connectivity index is 0.000000572. The van der Waals surface area contributed by atoms with Crippen LogP contribution >= 0.6 is 11.8 Å². The Morgan fingerprint density at radius 1 is 1.08 bits per heavy atom. The van der Waals surface area contributed by atoms with E-state index in [1.165, 1.54) is 25.1 Å². The normalized spacial score (nSPS) is 11.0. The van der Waals surface area contributed by atoms with Crippen LogP contribution in [0.4, 0.5) is 36.2 Å². The Labute approximate surface area is 209 Å². The van der Waals surface area contributed by atoms with Gasteiger partial charge in [0.25, 0.3) is 0 Å². The first kappa shape index (κ1) is 28.4. The summed E-state index contributed by atoms with van der Waals surface area (Å²) in [5.74, 6) is 0.923. The summed E-state index contributed by atoms with van der Waals surface area (Å²) < 4.78 is 58.3. The summed E-state index contributed by atoms with van der Waals surface area (Å²) >= 11 is 1.50. The molecule has 14 heteroatoms. The molecule has 0 fully saturated rings. The second-order valence-corrected chi connectivity index (χ2v) is 9.37. The lowest BCUT2D eigenvalue weighted by atomic mass is 10.2. The first-order valence-corrected chi connectivity index (χ1v) is 12.4. The molecule has 0 spiro atoms. The number of halogens is 3. The SMILES string of the molecule is C#Cc1cccc(Nc2cc(Nc3cc(S(=O)(=O)NC)ccc3SC)ncn2)c1.O=C(O)C(F)(F)F. The van der Waals surface area contributed by atoms with Crippen molar-refractivity contribution >= 4 is 50.8 Å². The van der Waals surface area contributed by atoms with E-state index in [0.29, 0.717) is 17.3 Å². The molecule has 36 heavy (non-hydrogen) atoms. The summed E-state index contributed by atoms with van der Waals surface area (Å²) in [5.41, 5.74) is 2.19. The molecule has 0 unspecified atom stereocenters. The van der Waals surface area contributed by atoms with Gasteiger partial charge in [0.1, 0.15) is 18.0 Å². The Morgan fingerprint density at radius 2 is 1.72 bits per heavy atom. The van der Waals surface area contributed by atoms with Crippen molar-refractivity contribution in [2.45, 2.75) is 16.0 Å². The van der Waals surface area contributed by atoms with Crippen LogP contribution in [0.15, 0.2) is 64.6 Å². The zero-order valence-electron chi connectivity index (χ0n) is 18.8. The number of thioether (sulfide) groups is 1. The van der Waals surface area contributed by atoms with Crippen LogP contribution in [-0.4, -0.2) is 48.9 Å². The molecule has 0 aliphatic heterocycles. The smallest absolute Gasteiger partial charge is 0.475 e. The number of terminal acetylenes is 1. The number of carboxylic acids is 1. The molecule has 0 aliphatic carbocycles. The first-order valence-electron chi connectivity index (χ1n) is 9.74. The van der Waals surface area contributed by atoms with Gasteiger partial charge in [-0.2, -0.15) is 13.2 Å². The molecule has 3 rings (SSSR count). The van der Waals surface area contributed by atoms with Crippen LogP contribution in [0.2, 0.25) is 0 Å². The van der Waals surface area contributed by atoms with E-state index >= 15 is 0 Å². The maximum atomic E-state index is 12.1. The zero-order chi connectivity index (χ0) is 26.9. The van der Waals surface area contributed by atoms with Gasteiger partial charge in [0.15, 0.2) is 0 Å². The van der Waals surface area contributed by atoms with Crippen molar-refractivity contribution in [1.82, 2.24) is 14.7 Å². The predicted molar refractivity (Wildman–Crippen MR) is 131 cm³/mol. The number of hydrogen-bond donors (Lipinski definition) is 4. The number of carboxylic acid groups (broad SMARTS) is 1. The fraction of sp³-hybridized carbons (Fsp3) is 0.136. The lowest BCUT2D eigenvalue weighted by molar-refractivity contribution is -0.192. The molecule has 1 heterocycles. The Bertz CT molecular complexity index is 1380. The number of nitrogens with zero attached hydrogens (tertiary/aromatic N) is 2. The van der Waals surface area contributed by atoms with Crippen molar-refractivity contribution < 1.29 is 31.5 Å². The number of aliphatic carboxylic acids is 1. The first-order chi connectivity index (χ1) is 16.9. The summed E-state index contributed by atoms with van der Waals surface area (Å²) in [6.45, 7) is 0. The molecule has 0 saturated heterocycles. The van der Waals surface area contributed by atoms with Crippen molar-refractivity contribution in [3.05, 3.63) is 60.4 Å². The fourth-order valence-corrected chi connectivity index (χ4v) is 3.83. The van der Waals surface area contributed by atoms with Crippen LogP contribution < -0.4 is 15.4 Å². The van der Waals surface area contributed by atoms with E-state index in [1.54, 1.807) is 24.3 Å². The van der Waals surface area contributed by atoms with Gasteiger partial charge in [-0.05, 0) is 49.7 Å². The van der Waals surface area contributed by atoms with Gasteiger partial charge in [-0.3, -0.25) is 0 Å². The van der Waals surface area contributed by atoms with E-state index in [-0.39, 0.29) is 4.90 Å². The van der Waals surface area contributed by atoms with Gasteiger partial charge in [0, 0.05) is 22.2 Å². The molecular formula is C22H20F3N5O4S2. The lowest BCUT2D eigenvalue weighted by Crippen LogP contribution is -2.21. The highest BCUT2D eigenvalue weighted by atomic mass is 32.2. The van der Waals surface area contributed by atoms with Crippen molar-refractivity contribution in [1.29, 1.82) is 0 Å². The third kappa shape index (κ3) is 8.15. The van der Waals surface area contributed by atoms with E-state index in [4.69, 9.17) is 16.3 Å². The van der Waals surface area contributed by atoms with Crippen LogP contribution in [0.1, 0.15) is 5.56 Å². The van der Waals surface area contributed by atoms with E-state index in [1.807, 2.05) is 30.5 Å². The average Bonchev–Trinajstić information content (AvgIpc) is 2.84. The molecule has 9 nitrogen and oxygen atoms in total. The minimum atomic E-state index is -5.08. The second-order valence-electron chi connectivity index (χ2n) is 6.64. The highest BCUT2D eigenvalue weighted by Gasteiger charge is 2.38. The molecule has 190 valence electrons. The largest absolute Gasteiger partial charge is 0.490 e. The molecule has 1 aromatic heterocycles. The number of sulfonamides is 1. The lowest BCUT2D eigenvalue weighted by Gasteiger charge is -2.13. The Morgan fingerprint density at radius 3 is 2.28 bits per heavy atom. The van der Waals surface area contributed by atoms with E-state index < -0.39 is 22.2 Å². The molecule has 0 amide bonds. The van der Waals surface area contributed by atoms with Gasteiger partial charge in [0.05, 0.1) is 10.6 Å². The summed E-state index contributed by atoms with van der Waals surface area (Å²) in [7, 11) is -2.18. The van der Waals surface area contributed by atoms with Crippen molar-refractivity contribution in [2.75, 3.05) is 23.9 Å². The van der Waals surface area contributed by atoms with Gasteiger partial charge in [-0.1, -0.05) is 12.0 Å². The fourth-order valence-electron chi connectivity index (χ4n) is 2.54. The number of benzene rings is 2. The Hall–Kier alpha value is -3.80. The minimum Gasteiger partial charge on any atom is -0.475 e. The molecule has 3 aromatic rings. The third-order valence-corrected chi connectivity index (χ3v) is 6.43. The topological polar surface area (TPSA) is 133 Å². The van der Waals surface area contributed by atoms with Gasteiger partial charge >= 0.3 is 12.1 Å². The summed E-state index contributed by atoms with van der Waals surface area (Å²) in [5, 5.41) is 13.5. The van der Waals surface area contributed by atoms with E-state index in [2.05, 4.69) is 31.2 Å². The standard InChI is InChI=1S/C20H19N5O2S2.C2HF3O2/c1-4-14-6-5-7-15(10-14)24-19-12-20(23-13-22-19)25-17-11-16(29(26,27)21-2)8-9-18(17)28-3;3-2(4,5)1(6)7/h1,5-13,21H,2-3H3,(H2,22,23,24,25);(H,6,7). The maximum Gasteiger partial charge on any atom is 0.490 e. The highest BCUT2D eigenvalue weighted by molar-refractivity contribution is 7.98. The van der Waals surface area contributed by atoms with Gasteiger partial charge in [-0.25, -0.2) is 27.9 Å². The van der Waals surface area contributed by atoms with Crippen molar-refractivity contribution in [2.24, 2.45) is 0 Å². The number of nitrogens with one attached hydrogen (secondary N) is 3.